The van der Waals surface area contributed by atoms with E-state index in [0.717, 1.165) is 11.1 Å². The van der Waals surface area contributed by atoms with Gasteiger partial charge in [-0.3, -0.25) is 0 Å². The smallest absolute Gasteiger partial charge is 0.339 e. The summed E-state index contributed by atoms with van der Waals surface area (Å²) < 4.78 is 30.4. The molecule has 3 aromatic rings. The summed E-state index contributed by atoms with van der Waals surface area (Å²) in [6.45, 7) is 3.61. The fourth-order valence-electron chi connectivity index (χ4n) is 2.75. The first kappa shape index (κ1) is 20.2. The van der Waals surface area contributed by atoms with E-state index in [1.54, 1.807) is 24.3 Å². The van der Waals surface area contributed by atoms with Crippen LogP contribution in [0.4, 0.5) is 16.2 Å². The van der Waals surface area contributed by atoms with E-state index in [9.17, 15) is 18.3 Å². The normalized spacial score (nSPS) is 11.0. The van der Waals surface area contributed by atoms with Crippen molar-refractivity contribution in [3.8, 4) is 11.5 Å². The molecule has 8 heteroatoms. The summed E-state index contributed by atoms with van der Waals surface area (Å²) in [6.07, 6.45) is 0. The van der Waals surface area contributed by atoms with Crippen molar-refractivity contribution < 1.29 is 22.5 Å². The second-order valence-corrected chi connectivity index (χ2v) is 8.06. The van der Waals surface area contributed by atoms with Crippen molar-refractivity contribution >= 4 is 27.5 Å². The van der Waals surface area contributed by atoms with Crippen LogP contribution >= 0.6 is 0 Å². The number of carbonyl (C=O) groups is 1. The number of hydrogen-bond acceptors (Lipinski definition) is 5. The van der Waals surface area contributed by atoms with Gasteiger partial charge in [0.05, 0.1) is 0 Å². The molecule has 3 aromatic carbocycles. The Morgan fingerprint density at radius 2 is 1.45 bits per heavy atom. The van der Waals surface area contributed by atoms with Gasteiger partial charge < -0.3 is 19.9 Å². The first-order valence-corrected chi connectivity index (χ1v) is 10.1. The molecule has 2 amide bonds. The third-order valence-electron chi connectivity index (χ3n) is 3.89. The molecule has 0 atom stereocenters. The van der Waals surface area contributed by atoms with Crippen LogP contribution in [-0.4, -0.2) is 19.6 Å². The van der Waals surface area contributed by atoms with Crippen molar-refractivity contribution in [3.63, 3.8) is 0 Å². The predicted molar refractivity (Wildman–Crippen MR) is 111 cm³/mol. The third-order valence-corrected chi connectivity index (χ3v) is 5.11. The number of rotatable bonds is 5. The van der Waals surface area contributed by atoms with Crippen LogP contribution in [-0.2, 0) is 10.1 Å². The van der Waals surface area contributed by atoms with Crippen LogP contribution < -0.4 is 14.8 Å². The molecule has 0 aliphatic carbocycles. The van der Waals surface area contributed by atoms with Crippen LogP contribution in [0, 0.1) is 13.8 Å². The zero-order chi connectivity index (χ0) is 21.0. The van der Waals surface area contributed by atoms with Gasteiger partial charge in [0.15, 0.2) is 0 Å². The number of carbonyl (C=O) groups excluding carboxylic acids is 1. The minimum atomic E-state index is -4.01. The average molecular weight is 412 g/mol. The molecule has 0 saturated heterocycles. The van der Waals surface area contributed by atoms with E-state index in [1.807, 2.05) is 19.9 Å². The van der Waals surface area contributed by atoms with Gasteiger partial charge >= 0.3 is 16.1 Å². The first-order chi connectivity index (χ1) is 13.7. The van der Waals surface area contributed by atoms with Crippen LogP contribution in [0.15, 0.2) is 71.6 Å². The second kappa shape index (κ2) is 8.24. The number of aryl methyl sites for hydroxylation is 2. The van der Waals surface area contributed by atoms with Crippen molar-refractivity contribution in [1.82, 2.24) is 0 Å². The number of phenolic OH excluding ortho intramolecular Hbond substituents is 1. The lowest BCUT2D eigenvalue weighted by Crippen LogP contribution is -2.19. The Morgan fingerprint density at radius 1 is 0.862 bits per heavy atom. The first-order valence-electron chi connectivity index (χ1n) is 8.71. The number of phenols is 1. The molecule has 0 heterocycles. The molecule has 7 nitrogen and oxygen atoms in total. The van der Waals surface area contributed by atoms with Gasteiger partial charge in [-0.1, -0.05) is 18.2 Å². The zero-order valence-electron chi connectivity index (χ0n) is 15.8. The number of aromatic hydroxyl groups is 1. The fourth-order valence-corrected chi connectivity index (χ4v) is 3.87. The maximum atomic E-state index is 12.6. The van der Waals surface area contributed by atoms with E-state index in [0.29, 0.717) is 11.4 Å². The van der Waals surface area contributed by atoms with E-state index < -0.39 is 16.1 Å². The molecule has 0 unspecified atom stereocenters. The lowest BCUT2D eigenvalue weighted by Gasteiger charge is -2.11. The SMILES string of the molecule is Cc1cc(C)cc(S(=O)(=O)Oc2cccc(NC(=O)Nc3cccc(O)c3)c2)c1. The highest BCUT2D eigenvalue weighted by Crippen LogP contribution is 2.24. The number of benzene rings is 3. The summed E-state index contributed by atoms with van der Waals surface area (Å²) in [7, 11) is -4.01. The summed E-state index contributed by atoms with van der Waals surface area (Å²) >= 11 is 0. The van der Waals surface area contributed by atoms with E-state index in [1.165, 1.54) is 36.4 Å². The zero-order valence-corrected chi connectivity index (χ0v) is 16.7. The van der Waals surface area contributed by atoms with Crippen LogP contribution in [0.5, 0.6) is 11.5 Å². The van der Waals surface area contributed by atoms with Crippen molar-refractivity contribution in [2.24, 2.45) is 0 Å². The van der Waals surface area contributed by atoms with Crippen molar-refractivity contribution in [2.45, 2.75) is 18.7 Å². The number of nitrogens with one attached hydrogen (secondary N) is 2. The van der Waals surface area contributed by atoms with Crippen LogP contribution in [0.2, 0.25) is 0 Å². The quantitative estimate of drug-likeness (QED) is 0.538. The van der Waals surface area contributed by atoms with Gasteiger partial charge in [-0.2, -0.15) is 8.42 Å². The molecular weight excluding hydrogens is 392 g/mol. The third kappa shape index (κ3) is 5.49. The molecule has 0 fully saturated rings. The highest BCUT2D eigenvalue weighted by molar-refractivity contribution is 7.87. The number of urea groups is 1. The van der Waals surface area contributed by atoms with E-state index in [2.05, 4.69) is 10.6 Å². The molecule has 0 saturated carbocycles. The van der Waals surface area contributed by atoms with Gasteiger partial charge in [-0.05, 0) is 61.4 Å². The molecule has 150 valence electrons. The Balaban J connectivity index is 1.73. The maximum absolute atomic E-state index is 12.6. The standard InChI is InChI=1S/C21H20N2O5S/c1-14-9-15(2)11-20(10-14)29(26,27)28-19-8-4-6-17(13-19)23-21(25)22-16-5-3-7-18(24)12-16/h3-13,24H,1-2H3,(H2,22,23,25). The highest BCUT2D eigenvalue weighted by Gasteiger charge is 2.18. The predicted octanol–water partition coefficient (Wildman–Crippen LogP) is 4.42. The number of anilines is 2. The minimum absolute atomic E-state index is 0.0230. The molecule has 3 N–H and O–H groups in total. The Morgan fingerprint density at radius 3 is 2.07 bits per heavy atom. The number of amides is 2. The summed E-state index contributed by atoms with van der Waals surface area (Å²) in [5, 5.41) is 14.6. The maximum Gasteiger partial charge on any atom is 0.339 e. The Hall–Kier alpha value is -3.52. The molecule has 0 aliphatic heterocycles. The van der Waals surface area contributed by atoms with E-state index in [-0.39, 0.29) is 16.4 Å². The lowest BCUT2D eigenvalue weighted by molar-refractivity contribution is 0.262. The van der Waals surface area contributed by atoms with Crippen molar-refractivity contribution in [1.29, 1.82) is 0 Å². The van der Waals surface area contributed by atoms with Gasteiger partial charge in [0, 0.05) is 23.5 Å². The van der Waals surface area contributed by atoms with Crippen LogP contribution in [0.25, 0.3) is 0 Å². The van der Waals surface area contributed by atoms with Gasteiger partial charge in [0.1, 0.15) is 16.4 Å². The molecule has 0 aromatic heterocycles. The van der Waals surface area contributed by atoms with E-state index >= 15 is 0 Å². The fraction of sp³-hybridized carbons (Fsp3) is 0.0952. The van der Waals surface area contributed by atoms with Crippen molar-refractivity contribution in [3.05, 3.63) is 77.9 Å². The molecule has 0 spiro atoms. The minimum Gasteiger partial charge on any atom is -0.508 e. The summed E-state index contributed by atoms with van der Waals surface area (Å²) in [5.41, 5.74) is 2.38. The molecule has 0 radical (unpaired) electrons. The van der Waals surface area contributed by atoms with Crippen LogP contribution in [0.3, 0.4) is 0 Å². The molecule has 29 heavy (non-hydrogen) atoms. The Bertz CT molecular complexity index is 1140. The Kier molecular flexibility index (Phi) is 5.74. The second-order valence-electron chi connectivity index (χ2n) is 6.52. The van der Waals surface area contributed by atoms with Gasteiger partial charge in [0.25, 0.3) is 0 Å². The molecule has 0 aliphatic rings. The van der Waals surface area contributed by atoms with Crippen molar-refractivity contribution in [2.75, 3.05) is 10.6 Å². The highest BCUT2D eigenvalue weighted by atomic mass is 32.2. The van der Waals surface area contributed by atoms with Crippen LogP contribution in [0.1, 0.15) is 11.1 Å². The summed E-state index contributed by atoms with van der Waals surface area (Å²) in [4.78, 5) is 12.2. The topological polar surface area (TPSA) is 105 Å². The van der Waals surface area contributed by atoms with Gasteiger partial charge in [-0.15, -0.1) is 0 Å². The average Bonchev–Trinajstić information content (AvgIpc) is 2.60. The molecule has 3 rings (SSSR count). The summed E-state index contributed by atoms with van der Waals surface area (Å²) in [6, 6.07) is 16.5. The van der Waals surface area contributed by atoms with Gasteiger partial charge in [0.2, 0.25) is 0 Å². The molecule has 0 bridgehead atoms. The number of hydrogen-bond donors (Lipinski definition) is 3. The van der Waals surface area contributed by atoms with E-state index in [4.69, 9.17) is 4.18 Å². The molecular formula is C21H20N2O5S. The summed E-state index contributed by atoms with van der Waals surface area (Å²) in [5.74, 6) is 0.0918. The Labute approximate surface area is 169 Å². The largest absolute Gasteiger partial charge is 0.508 e. The monoisotopic (exact) mass is 412 g/mol. The lowest BCUT2D eigenvalue weighted by atomic mass is 10.2. The van der Waals surface area contributed by atoms with Gasteiger partial charge in [-0.25, -0.2) is 4.79 Å².